The number of rotatable bonds is 3. The number of carbonyl (C=O) groups is 1. The molecule has 0 spiro atoms. The maximum atomic E-state index is 14.3. The predicted molar refractivity (Wildman–Crippen MR) is 98.3 cm³/mol. The van der Waals surface area contributed by atoms with Gasteiger partial charge in [-0.25, -0.2) is 22.0 Å². The second-order valence-corrected chi connectivity index (χ2v) is 6.93. The minimum absolute atomic E-state index is 0.0135. The molecule has 1 heterocycles. The minimum Gasteiger partial charge on any atom is -0.366 e. The number of nitrogens with zero attached hydrogens (tertiary/aromatic N) is 1. The Kier molecular flexibility index (Phi) is 4.87. The molecule has 0 aliphatic heterocycles. The van der Waals surface area contributed by atoms with E-state index in [2.05, 4.69) is 0 Å². The van der Waals surface area contributed by atoms with Crippen molar-refractivity contribution >= 4 is 27.7 Å². The summed E-state index contributed by atoms with van der Waals surface area (Å²) >= 11 is 0. The van der Waals surface area contributed by atoms with Crippen LogP contribution in [0.15, 0.2) is 36.4 Å². The predicted octanol–water partition coefficient (Wildman–Crippen LogP) is 5.66. The molecule has 2 N–H and O–H groups in total. The number of aromatic nitrogens is 1. The number of benzene rings is 3. The third-order valence-electron chi connectivity index (χ3n) is 5.10. The van der Waals surface area contributed by atoms with Crippen molar-refractivity contribution in [2.45, 2.75) is 12.7 Å². The van der Waals surface area contributed by atoms with Crippen LogP contribution in [0, 0.1) is 29.1 Å². The van der Waals surface area contributed by atoms with Crippen molar-refractivity contribution in [2.24, 2.45) is 5.73 Å². The highest BCUT2D eigenvalue weighted by Gasteiger charge is 2.32. The van der Waals surface area contributed by atoms with Gasteiger partial charge in [0.25, 0.3) is 0 Å². The van der Waals surface area contributed by atoms with Gasteiger partial charge in [-0.3, -0.25) is 4.79 Å². The van der Waals surface area contributed by atoms with Gasteiger partial charge in [-0.2, -0.15) is 13.2 Å². The van der Waals surface area contributed by atoms with Crippen LogP contribution in [0.5, 0.6) is 0 Å². The fraction of sp³-hybridized carbons (Fsp3) is 0.0952. The fourth-order valence-corrected chi connectivity index (χ4v) is 3.64. The maximum absolute atomic E-state index is 14.3. The molecule has 3 nitrogen and oxygen atoms in total. The van der Waals surface area contributed by atoms with Crippen LogP contribution in [0.3, 0.4) is 0 Å². The number of fused-ring (bicyclic) bond motifs is 3. The number of hydrogen-bond acceptors (Lipinski definition) is 1. The van der Waals surface area contributed by atoms with Gasteiger partial charge in [-0.15, -0.1) is 0 Å². The highest BCUT2D eigenvalue weighted by Crippen LogP contribution is 2.37. The number of primary amides is 1. The summed E-state index contributed by atoms with van der Waals surface area (Å²) in [5.41, 5.74) is 2.66. The van der Waals surface area contributed by atoms with E-state index < -0.39 is 58.8 Å². The lowest BCUT2D eigenvalue weighted by Crippen LogP contribution is -2.12. The summed E-state index contributed by atoms with van der Waals surface area (Å²) in [6.45, 7) is -1.00. The van der Waals surface area contributed by atoms with Crippen molar-refractivity contribution in [3.05, 3.63) is 82.2 Å². The van der Waals surface area contributed by atoms with Gasteiger partial charge in [0.05, 0.1) is 23.1 Å². The highest BCUT2D eigenvalue weighted by atomic mass is 19.4. The van der Waals surface area contributed by atoms with E-state index in [0.29, 0.717) is 6.07 Å². The van der Waals surface area contributed by atoms with Gasteiger partial charge < -0.3 is 10.3 Å². The van der Waals surface area contributed by atoms with E-state index >= 15 is 0 Å². The Hall–Kier alpha value is -3.63. The molecule has 0 bridgehead atoms. The number of amides is 1. The van der Waals surface area contributed by atoms with Gasteiger partial charge in [-0.1, -0.05) is 12.1 Å². The average molecular weight is 458 g/mol. The van der Waals surface area contributed by atoms with Gasteiger partial charge in [0.2, 0.25) is 11.7 Å². The van der Waals surface area contributed by atoms with Crippen LogP contribution < -0.4 is 5.73 Å². The Morgan fingerprint density at radius 3 is 2.00 bits per heavy atom. The van der Waals surface area contributed by atoms with E-state index in [1.165, 1.54) is 18.2 Å². The number of halogens is 8. The molecule has 4 aromatic rings. The number of carbonyl (C=O) groups excluding carboxylic acids is 1. The molecule has 0 fully saturated rings. The smallest absolute Gasteiger partial charge is 0.366 e. The number of hydrogen-bond donors (Lipinski definition) is 1. The van der Waals surface area contributed by atoms with Crippen LogP contribution in [-0.4, -0.2) is 10.5 Å². The van der Waals surface area contributed by atoms with Gasteiger partial charge in [0.1, 0.15) is 0 Å². The molecule has 0 saturated carbocycles. The van der Waals surface area contributed by atoms with E-state index in [1.807, 2.05) is 0 Å². The first-order valence-corrected chi connectivity index (χ1v) is 8.85. The zero-order valence-electron chi connectivity index (χ0n) is 15.6. The molecule has 0 aliphatic rings. The first-order chi connectivity index (χ1) is 14.9. The molecule has 0 aliphatic carbocycles. The zero-order valence-corrected chi connectivity index (χ0v) is 15.6. The molecule has 11 heteroatoms. The van der Waals surface area contributed by atoms with Crippen LogP contribution in [0.2, 0.25) is 0 Å². The van der Waals surface area contributed by atoms with E-state index in [0.717, 1.165) is 16.7 Å². The lowest BCUT2D eigenvalue weighted by Gasteiger charge is -2.13. The lowest BCUT2D eigenvalue weighted by atomic mass is 10.0. The maximum Gasteiger partial charge on any atom is 0.416 e. The molecule has 166 valence electrons. The minimum atomic E-state index is -4.79. The summed E-state index contributed by atoms with van der Waals surface area (Å²) in [5.74, 6) is -11.9. The Morgan fingerprint density at radius 1 is 0.844 bits per heavy atom. The van der Waals surface area contributed by atoms with Crippen LogP contribution in [0.4, 0.5) is 35.1 Å². The van der Waals surface area contributed by atoms with Gasteiger partial charge in [0, 0.05) is 21.9 Å². The van der Waals surface area contributed by atoms with Crippen molar-refractivity contribution in [1.82, 2.24) is 4.57 Å². The monoisotopic (exact) mass is 458 g/mol. The molecule has 4 rings (SSSR count). The zero-order chi connectivity index (χ0) is 23.5. The second kappa shape index (κ2) is 7.21. The van der Waals surface area contributed by atoms with Crippen molar-refractivity contribution in [1.29, 1.82) is 0 Å². The first-order valence-electron chi connectivity index (χ1n) is 8.85. The Bertz CT molecular complexity index is 1390. The van der Waals surface area contributed by atoms with E-state index in [-0.39, 0.29) is 27.4 Å². The summed E-state index contributed by atoms with van der Waals surface area (Å²) < 4.78 is 110. The van der Waals surface area contributed by atoms with Crippen LogP contribution in [0.25, 0.3) is 21.8 Å². The third-order valence-corrected chi connectivity index (χ3v) is 5.10. The summed E-state index contributed by atoms with van der Waals surface area (Å²) in [5, 5.41) is 0.152. The molecule has 0 unspecified atom stereocenters. The van der Waals surface area contributed by atoms with E-state index in [1.54, 1.807) is 0 Å². The van der Waals surface area contributed by atoms with Gasteiger partial charge in [-0.05, 0) is 24.3 Å². The molecular formula is C21H10F8N2O. The highest BCUT2D eigenvalue weighted by molar-refractivity contribution is 6.18. The lowest BCUT2D eigenvalue weighted by molar-refractivity contribution is -0.137. The van der Waals surface area contributed by atoms with Crippen molar-refractivity contribution in [3.63, 3.8) is 0 Å². The molecular weight excluding hydrogens is 448 g/mol. The average Bonchev–Trinajstić information content (AvgIpc) is 3.06. The summed E-state index contributed by atoms with van der Waals surface area (Å²) in [4.78, 5) is 11.9. The standard InChI is InChI=1S/C21H10F8N2O/c22-15-11(16(23)18(25)19(26)17(15)24)7-31-12-3-1-2-10(20(30)32)14(12)9-5-4-8(6-13(9)31)21(27,28)29/h1-6H,7H2,(H2,30,32). The molecule has 1 amide bonds. The molecule has 0 atom stereocenters. The SMILES string of the molecule is NC(=O)c1cccc2c1c1ccc(C(F)(F)F)cc1n2Cc1c(F)c(F)c(F)c(F)c1F. The van der Waals surface area contributed by atoms with E-state index in [4.69, 9.17) is 5.73 Å². The number of alkyl halides is 3. The summed E-state index contributed by atoms with van der Waals surface area (Å²) in [7, 11) is 0. The molecule has 1 aromatic heterocycles. The topological polar surface area (TPSA) is 48.0 Å². The Labute approximate surface area is 173 Å². The first kappa shape index (κ1) is 21.6. The third kappa shape index (κ3) is 3.15. The number of nitrogens with two attached hydrogens (primary N) is 1. The van der Waals surface area contributed by atoms with Crippen LogP contribution in [-0.2, 0) is 12.7 Å². The van der Waals surface area contributed by atoms with Gasteiger partial charge in [0.15, 0.2) is 23.3 Å². The van der Waals surface area contributed by atoms with Crippen LogP contribution >= 0.6 is 0 Å². The van der Waals surface area contributed by atoms with Crippen molar-refractivity contribution < 1.29 is 39.9 Å². The van der Waals surface area contributed by atoms with E-state index in [9.17, 15) is 39.9 Å². The molecule has 3 aromatic carbocycles. The molecule has 0 saturated heterocycles. The summed E-state index contributed by atoms with van der Waals surface area (Å²) in [6, 6.07) is 6.38. The second-order valence-electron chi connectivity index (χ2n) is 6.93. The van der Waals surface area contributed by atoms with Crippen molar-refractivity contribution in [2.75, 3.05) is 0 Å². The van der Waals surface area contributed by atoms with Crippen molar-refractivity contribution in [3.8, 4) is 0 Å². The fourth-order valence-electron chi connectivity index (χ4n) is 3.64. The van der Waals surface area contributed by atoms with Gasteiger partial charge >= 0.3 is 6.18 Å². The normalized spacial score (nSPS) is 12.1. The molecule has 32 heavy (non-hydrogen) atoms. The Morgan fingerprint density at radius 2 is 1.44 bits per heavy atom. The Balaban J connectivity index is 2.11. The quantitative estimate of drug-likeness (QED) is 0.241. The largest absolute Gasteiger partial charge is 0.416 e. The van der Waals surface area contributed by atoms with Crippen LogP contribution in [0.1, 0.15) is 21.5 Å². The molecule has 0 radical (unpaired) electrons. The summed E-state index contributed by atoms with van der Waals surface area (Å²) in [6.07, 6.45) is -4.79.